The van der Waals surface area contributed by atoms with Gasteiger partial charge in [0.05, 0.1) is 12.1 Å². The van der Waals surface area contributed by atoms with Gasteiger partial charge in [0.25, 0.3) is 0 Å². The highest BCUT2D eigenvalue weighted by Gasteiger charge is 2.30. The molecular formula is C19H28F3N5O2. The van der Waals surface area contributed by atoms with Crippen LogP contribution >= 0.6 is 0 Å². The van der Waals surface area contributed by atoms with Gasteiger partial charge in [0.2, 0.25) is 11.8 Å². The van der Waals surface area contributed by atoms with Gasteiger partial charge >= 0.3 is 6.18 Å². The molecule has 0 bridgehead atoms. The zero-order valence-corrected chi connectivity index (χ0v) is 16.9. The molecule has 1 amide bonds. The van der Waals surface area contributed by atoms with E-state index >= 15 is 0 Å². The number of carbonyl (C=O) groups is 1. The van der Waals surface area contributed by atoms with Crippen LogP contribution in [-0.2, 0) is 11.0 Å². The van der Waals surface area contributed by atoms with Gasteiger partial charge in [0.1, 0.15) is 6.61 Å². The quantitative estimate of drug-likeness (QED) is 0.406. The van der Waals surface area contributed by atoms with Crippen LogP contribution in [0.5, 0.6) is 5.88 Å². The summed E-state index contributed by atoms with van der Waals surface area (Å²) in [5.74, 6) is 0.852. The number of nitrogens with one attached hydrogen (secondary N) is 2. The first kappa shape index (κ1) is 22.8. The molecule has 0 aliphatic carbocycles. The molecule has 0 spiro atoms. The summed E-state index contributed by atoms with van der Waals surface area (Å²) < 4.78 is 42.9. The van der Waals surface area contributed by atoms with E-state index in [1.165, 1.54) is 6.07 Å². The summed E-state index contributed by atoms with van der Waals surface area (Å²) in [4.78, 5) is 22.0. The van der Waals surface area contributed by atoms with Crippen LogP contribution in [0.3, 0.4) is 0 Å². The maximum Gasteiger partial charge on any atom is 0.417 e. The molecule has 162 valence electrons. The third-order valence-corrected chi connectivity index (χ3v) is 4.35. The van der Waals surface area contributed by atoms with E-state index in [0.29, 0.717) is 25.6 Å². The SMILES string of the molecule is CCNC(=NCCOc1ccc(C(F)(F)F)cn1)NC1CCN(C(=O)C(C)C)C1. The van der Waals surface area contributed by atoms with Gasteiger partial charge in [-0.25, -0.2) is 9.98 Å². The van der Waals surface area contributed by atoms with Crippen molar-refractivity contribution in [3.63, 3.8) is 0 Å². The number of pyridine rings is 1. The number of ether oxygens (including phenoxy) is 1. The van der Waals surface area contributed by atoms with Crippen molar-refractivity contribution >= 4 is 11.9 Å². The van der Waals surface area contributed by atoms with Crippen LogP contribution in [0.1, 0.15) is 32.8 Å². The van der Waals surface area contributed by atoms with E-state index in [1.54, 1.807) is 0 Å². The number of nitrogens with zero attached hydrogens (tertiary/aromatic N) is 3. The number of aliphatic imine (C=N–C) groups is 1. The average Bonchev–Trinajstić information content (AvgIpc) is 3.12. The maximum atomic E-state index is 12.5. The van der Waals surface area contributed by atoms with Crippen molar-refractivity contribution in [1.82, 2.24) is 20.5 Å². The molecular weight excluding hydrogens is 387 g/mol. The number of halogens is 3. The number of amides is 1. The van der Waals surface area contributed by atoms with Gasteiger partial charge in [0.15, 0.2) is 5.96 Å². The van der Waals surface area contributed by atoms with Gasteiger partial charge < -0.3 is 20.3 Å². The topological polar surface area (TPSA) is 78.9 Å². The van der Waals surface area contributed by atoms with Crippen molar-refractivity contribution in [2.24, 2.45) is 10.9 Å². The largest absolute Gasteiger partial charge is 0.476 e. The lowest BCUT2D eigenvalue weighted by Gasteiger charge is -2.20. The van der Waals surface area contributed by atoms with Crippen LogP contribution < -0.4 is 15.4 Å². The number of carbonyl (C=O) groups excluding carboxylic acids is 1. The molecule has 1 aromatic heterocycles. The van der Waals surface area contributed by atoms with E-state index in [-0.39, 0.29) is 30.4 Å². The molecule has 0 aromatic carbocycles. The van der Waals surface area contributed by atoms with E-state index in [1.807, 2.05) is 25.7 Å². The van der Waals surface area contributed by atoms with Gasteiger partial charge in [-0.3, -0.25) is 4.79 Å². The molecule has 1 saturated heterocycles. The smallest absolute Gasteiger partial charge is 0.417 e. The molecule has 1 fully saturated rings. The maximum absolute atomic E-state index is 12.5. The molecule has 2 rings (SSSR count). The minimum atomic E-state index is -4.42. The van der Waals surface area contributed by atoms with Gasteiger partial charge in [-0.15, -0.1) is 0 Å². The Labute approximate surface area is 168 Å². The van der Waals surface area contributed by atoms with E-state index in [4.69, 9.17) is 4.74 Å². The third kappa shape index (κ3) is 7.10. The Morgan fingerprint density at radius 2 is 2.17 bits per heavy atom. The van der Waals surface area contributed by atoms with Crippen molar-refractivity contribution in [3.8, 4) is 5.88 Å². The molecule has 1 atom stereocenters. The minimum absolute atomic E-state index is 0.0217. The first-order valence-electron chi connectivity index (χ1n) is 9.70. The number of likely N-dealkylation sites (tertiary alicyclic amines) is 1. The van der Waals surface area contributed by atoms with Crippen LogP contribution in [0.2, 0.25) is 0 Å². The standard InChI is InChI=1S/C19H28F3N5O2/c1-4-23-18(26-15-7-9-27(12-15)17(28)13(2)3)24-8-10-29-16-6-5-14(11-25-16)19(20,21)22/h5-6,11,13,15H,4,7-10,12H2,1-3H3,(H2,23,24,26). The second-order valence-electron chi connectivity index (χ2n) is 7.06. The van der Waals surface area contributed by atoms with Crippen LogP contribution in [0, 0.1) is 5.92 Å². The number of hydrogen-bond acceptors (Lipinski definition) is 4. The summed E-state index contributed by atoms with van der Waals surface area (Å²) in [5, 5.41) is 6.45. The highest BCUT2D eigenvalue weighted by molar-refractivity contribution is 5.81. The highest BCUT2D eigenvalue weighted by Crippen LogP contribution is 2.29. The van der Waals surface area contributed by atoms with Crippen LogP contribution in [0.25, 0.3) is 0 Å². The summed E-state index contributed by atoms with van der Waals surface area (Å²) in [5.41, 5.74) is -0.817. The molecule has 10 heteroatoms. The Morgan fingerprint density at radius 3 is 2.76 bits per heavy atom. The highest BCUT2D eigenvalue weighted by atomic mass is 19.4. The number of rotatable bonds is 7. The summed E-state index contributed by atoms with van der Waals surface area (Å²) in [6, 6.07) is 2.24. The summed E-state index contributed by atoms with van der Waals surface area (Å²) in [7, 11) is 0. The fraction of sp³-hybridized carbons (Fsp3) is 0.632. The Morgan fingerprint density at radius 1 is 1.41 bits per heavy atom. The zero-order chi connectivity index (χ0) is 21.4. The molecule has 0 radical (unpaired) electrons. The molecule has 0 saturated carbocycles. The number of aromatic nitrogens is 1. The lowest BCUT2D eigenvalue weighted by Crippen LogP contribution is -2.45. The first-order valence-corrected chi connectivity index (χ1v) is 9.70. The van der Waals surface area contributed by atoms with Gasteiger partial charge in [-0.1, -0.05) is 13.8 Å². The Bertz CT molecular complexity index is 692. The third-order valence-electron chi connectivity index (χ3n) is 4.35. The Kier molecular flexibility index (Phi) is 8.10. The predicted molar refractivity (Wildman–Crippen MR) is 104 cm³/mol. The minimum Gasteiger partial charge on any atom is -0.476 e. The average molecular weight is 415 g/mol. The Hall–Kier alpha value is -2.52. The second kappa shape index (κ2) is 10.3. The monoisotopic (exact) mass is 415 g/mol. The zero-order valence-electron chi connectivity index (χ0n) is 16.9. The predicted octanol–water partition coefficient (Wildman–Crippen LogP) is 2.29. The summed E-state index contributed by atoms with van der Waals surface area (Å²) in [6.07, 6.45) is -2.83. The van der Waals surface area contributed by atoms with E-state index in [2.05, 4.69) is 20.6 Å². The molecule has 1 aliphatic rings. The van der Waals surface area contributed by atoms with Gasteiger partial charge in [-0.05, 0) is 19.4 Å². The molecule has 1 aliphatic heterocycles. The Balaban J connectivity index is 1.81. The van der Waals surface area contributed by atoms with Gasteiger partial charge in [0, 0.05) is 43.9 Å². The van der Waals surface area contributed by atoms with E-state index < -0.39 is 11.7 Å². The van der Waals surface area contributed by atoms with Crippen LogP contribution in [0.15, 0.2) is 23.3 Å². The summed E-state index contributed by atoms with van der Waals surface area (Å²) in [6.45, 7) is 8.24. The van der Waals surface area contributed by atoms with Crippen molar-refractivity contribution in [2.75, 3.05) is 32.8 Å². The lowest BCUT2D eigenvalue weighted by molar-refractivity contribution is -0.138. The van der Waals surface area contributed by atoms with Crippen molar-refractivity contribution in [3.05, 3.63) is 23.9 Å². The normalized spacial score (nSPS) is 17.6. The second-order valence-corrected chi connectivity index (χ2v) is 7.06. The molecule has 2 heterocycles. The van der Waals surface area contributed by atoms with Crippen LogP contribution in [-0.4, -0.2) is 60.6 Å². The van der Waals surface area contributed by atoms with Gasteiger partial charge in [-0.2, -0.15) is 13.2 Å². The fourth-order valence-corrected chi connectivity index (χ4v) is 2.90. The number of alkyl halides is 3. The lowest BCUT2D eigenvalue weighted by atomic mass is 10.2. The molecule has 7 nitrogen and oxygen atoms in total. The number of guanidine groups is 1. The van der Waals surface area contributed by atoms with Crippen molar-refractivity contribution in [1.29, 1.82) is 0 Å². The van der Waals surface area contributed by atoms with Crippen LogP contribution in [0.4, 0.5) is 13.2 Å². The van der Waals surface area contributed by atoms with Crippen molar-refractivity contribution < 1.29 is 22.7 Å². The molecule has 29 heavy (non-hydrogen) atoms. The van der Waals surface area contributed by atoms with E-state index in [0.717, 1.165) is 25.2 Å². The van der Waals surface area contributed by atoms with Crippen molar-refractivity contribution in [2.45, 2.75) is 39.4 Å². The first-order chi connectivity index (χ1) is 13.7. The molecule has 1 aromatic rings. The fourth-order valence-electron chi connectivity index (χ4n) is 2.90. The molecule has 2 N–H and O–H groups in total. The summed E-state index contributed by atoms with van der Waals surface area (Å²) >= 11 is 0. The van der Waals surface area contributed by atoms with E-state index in [9.17, 15) is 18.0 Å². The number of hydrogen-bond donors (Lipinski definition) is 2. The molecule has 1 unspecified atom stereocenters.